The van der Waals surface area contributed by atoms with Gasteiger partial charge in [0.25, 0.3) is 5.69 Å². The summed E-state index contributed by atoms with van der Waals surface area (Å²) in [7, 11) is 0. The highest BCUT2D eigenvalue weighted by Crippen LogP contribution is 2.41. The maximum atomic E-state index is 12.3. The molecule has 0 bridgehead atoms. The number of hydrogen-bond acceptors (Lipinski definition) is 5. The van der Waals surface area contributed by atoms with Gasteiger partial charge < -0.3 is 5.11 Å². The molecule has 0 unspecified atom stereocenters. The zero-order chi connectivity index (χ0) is 13.4. The van der Waals surface area contributed by atoms with Gasteiger partial charge in [0.2, 0.25) is 0 Å². The van der Waals surface area contributed by atoms with Crippen molar-refractivity contribution in [2.45, 2.75) is 6.18 Å². The number of nitro benzene ring substituents is 2. The van der Waals surface area contributed by atoms with Gasteiger partial charge in [-0.05, 0) is 0 Å². The highest BCUT2D eigenvalue weighted by Gasteiger charge is 2.40. The lowest BCUT2D eigenvalue weighted by molar-refractivity contribution is -0.396. The van der Waals surface area contributed by atoms with Gasteiger partial charge in [0.05, 0.1) is 15.9 Å². The molecule has 0 aliphatic rings. The third-order valence-electron chi connectivity index (χ3n) is 1.79. The van der Waals surface area contributed by atoms with Gasteiger partial charge in [-0.25, -0.2) is 0 Å². The first-order valence-corrected chi connectivity index (χ1v) is 3.87. The zero-order valence-electron chi connectivity index (χ0n) is 7.76. The van der Waals surface area contributed by atoms with Gasteiger partial charge in [-0.15, -0.1) is 0 Å². The molecule has 92 valence electrons. The molecule has 1 aromatic carbocycles. The molecule has 0 aromatic heterocycles. The Morgan fingerprint density at radius 2 is 1.53 bits per heavy atom. The Balaban J connectivity index is 3.58. The standard InChI is InChI=1S/C7H3F3N2O5/c8-7(9,10)3-1-6(13)5(12(16)17)2-4(3)11(14)15/h1-2,13H. The van der Waals surface area contributed by atoms with Gasteiger partial charge in [-0.2, -0.15) is 13.2 Å². The minimum atomic E-state index is -5.09. The summed E-state index contributed by atoms with van der Waals surface area (Å²) in [6.07, 6.45) is -5.09. The monoisotopic (exact) mass is 252 g/mol. The number of alkyl halides is 3. The quantitative estimate of drug-likeness (QED) is 0.641. The molecule has 0 amide bonds. The van der Waals surface area contributed by atoms with Crippen LogP contribution in [0.2, 0.25) is 0 Å². The van der Waals surface area contributed by atoms with Crippen molar-refractivity contribution in [2.24, 2.45) is 0 Å². The number of halogens is 3. The Labute approximate surface area is 90.4 Å². The highest BCUT2D eigenvalue weighted by atomic mass is 19.4. The number of aromatic hydroxyl groups is 1. The normalized spacial score (nSPS) is 11.2. The van der Waals surface area contributed by atoms with Crippen molar-refractivity contribution in [1.29, 1.82) is 0 Å². The largest absolute Gasteiger partial charge is 0.502 e. The number of benzene rings is 1. The fourth-order valence-corrected chi connectivity index (χ4v) is 1.09. The molecule has 0 saturated heterocycles. The van der Waals surface area contributed by atoms with Crippen LogP contribution in [0, 0.1) is 20.2 Å². The molecule has 0 saturated carbocycles. The second-order valence-corrected chi connectivity index (χ2v) is 2.87. The molecule has 0 aliphatic heterocycles. The molecular formula is C7H3F3N2O5. The van der Waals surface area contributed by atoms with Crippen molar-refractivity contribution >= 4 is 11.4 Å². The number of phenols is 1. The van der Waals surface area contributed by atoms with Gasteiger partial charge in [-0.1, -0.05) is 0 Å². The van der Waals surface area contributed by atoms with Crippen molar-refractivity contribution in [3.05, 3.63) is 37.9 Å². The first-order valence-electron chi connectivity index (χ1n) is 3.87. The third kappa shape index (κ3) is 2.41. The van der Waals surface area contributed by atoms with Gasteiger partial charge in [0.15, 0.2) is 5.75 Å². The Kier molecular flexibility index (Phi) is 2.90. The average molecular weight is 252 g/mol. The van der Waals surface area contributed by atoms with E-state index in [0.717, 1.165) is 0 Å². The van der Waals surface area contributed by atoms with Crippen molar-refractivity contribution in [3.63, 3.8) is 0 Å². The van der Waals surface area contributed by atoms with Crippen molar-refractivity contribution in [2.75, 3.05) is 0 Å². The molecule has 0 fully saturated rings. The second kappa shape index (κ2) is 3.88. The minimum absolute atomic E-state index is 0.0454. The summed E-state index contributed by atoms with van der Waals surface area (Å²) in [6.45, 7) is 0. The van der Waals surface area contributed by atoms with E-state index in [0.29, 0.717) is 0 Å². The Bertz CT molecular complexity index is 499. The topological polar surface area (TPSA) is 107 Å². The molecule has 0 radical (unpaired) electrons. The van der Waals surface area contributed by atoms with E-state index in [2.05, 4.69) is 0 Å². The predicted molar refractivity (Wildman–Crippen MR) is 46.4 cm³/mol. The summed E-state index contributed by atoms with van der Waals surface area (Å²) in [6, 6.07) is 0.0222. The molecule has 0 spiro atoms. The molecule has 17 heavy (non-hydrogen) atoms. The number of rotatable bonds is 2. The summed E-state index contributed by atoms with van der Waals surface area (Å²) in [5.41, 5.74) is -4.39. The molecule has 7 nitrogen and oxygen atoms in total. The summed E-state index contributed by atoms with van der Waals surface area (Å²) < 4.78 is 37.0. The van der Waals surface area contributed by atoms with Crippen LogP contribution in [0.3, 0.4) is 0 Å². The lowest BCUT2D eigenvalue weighted by Crippen LogP contribution is -2.09. The maximum Gasteiger partial charge on any atom is 0.423 e. The molecule has 0 heterocycles. The van der Waals surface area contributed by atoms with Gasteiger partial charge >= 0.3 is 11.9 Å². The van der Waals surface area contributed by atoms with Crippen LogP contribution in [-0.2, 0) is 6.18 Å². The van der Waals surface area contributed by atoms with E-state index in [4.69, 9.17) is 5.11 Å². The minimum Gasteiger partial charge on any atom is -0.502 e. The summed E-state index contributed by atoms with van der Waals surface area (Å²) in [4.78, 5) is 18.0. The molecule has 1 aromatic rings. The van der Waals surface area contributed by atoms with Crippen LogP contribution in [0.15, 0.2) is 12.1 Å². The van der Waals surface area contributed by atoms with Crippen LogP contribution in [-0.4, -0.2) is 15.0 Å². The predicted octanol–water partition coefficient (Wildman–Crippen LogP) is 2.23. The lowest BCUT2D eigenvalue weighted by atomic mass is 10.1. The summed E-state index contributed by atoms with van der Waals surface area (Å²) >= 11 is 0. The summed E-state index contributed by atoms with van der Waals surface area (Å²) in [5.74, 6) is -1.28. The van der Waals surface area contributed by atoms with Crippen molar-refractivity contribution in [3.8, 4) is 5.75 Å². The fourth-order valence-electron chi connectivity index (χ4n) is 1.09. The molecule has 1 N–H and O–H groups in total. The Morgan fingerprint density at radius 1 is 1.06 bits per heavy atom. The number of nitro groups is 2. The number of nitrogens with zero attached hydrogens (tertiary/aromatic N) is 2. The van der Waals surface area contributed by atoms with E-state index < -0.39 is 38.7 Å². The molecule has 0 atom stereocenters. The van der Waals surface area contributed by atoms with E-state index in [9.17, 15) is 33.4 Å². The molecule has 10 heteroatoms. The van der Waals surface area contributed by atoms with Gasteiger partial charge in [-0.3, -0.25) is 20.2 Å². The van der Waals surface area contributed by atoms with Crippen LogP contribution < -0.4 is 0 Å². The zero-order valence-corrected chi connectivity index (χ0v) is 7.76. The van der Waals surface area contributed by atoms with E-state index in [1.807, 2.05) is 0 Å². The van der Waals surface area contributed by atoms with Crippen LogP contribution in [0.25, 0.3) is 0 Å². The van der Waals surface area contributed by atoms with E-state index >= 15 is 0 Å². The summed E-state index contributed by atoms with van der Waals surface area (Å²) in [5, 5.41) is 29.6. The third-order valence-corrected chi connectivity index (χ3v) is 1.79. The van der Waals surface area contributed by atoms with Crippen molar-refractivity contribution in [1.82, 2.24) is 0 Å². The Morgan fingerprint density at radius 3 is 1.88 bits per heavy atom. The van der Waals surface area contributed by atoms with Crippen LogP contribution in [0.5, 0.6) is 5.75 Å². The average Bonchev–Trinajstić information content (AvgIpc) is 2.14. The fraction of sp³-hybridized carbons (Fsp3) is 0.143. The molecule has 1 rings (SSSR count). The van der Waals surface area contributed by atoms with Crippen molar-refractivity contribution < 1.29 is 28.1 Å². The molecule has 0 aliphatic carbocycles. The van der Waals surface area contributed by atoms with E-state index in [1.165, 1.54) is 0 Å². The lowest BCUT2D eigenvalue weighted by Gasteiger charge is -2.07. The first kappa shape index (κ1) is 12.7. The Hall–Kier alpha value is -2.39. The smallest absolute Gasteiger partial charge is 0.423 e. The number of phenolic OH excluding ortho intramolecular Hbond substituents is 1. The second-order valence-electron chi connectivity index (χ2n) is 2.87. The van der Waals surface area contributed by atoms with Gasteiger partial charge in [0, 0.05) is 6.07 Å². The first-order chi connectivity index (χ1) is 7.64. The highest BCUT2D eigenvalue weighted by molar-refractivity contribution is 5.58. The van der Waals surface area contributed by atoms with E-state index in [-0.39, 0.29) is 12.1 Å². The van der Waals surface area contributed by atoms with Crippen LogP contribution in [0.4, 0.5) is 24.5 Å². The van der Waals surface area contributed by atoms with Crippen LogP contribution in [0.1, 0.15) is 5.56 Å². The molecular weight excluding hydrogens is 249 g/mol. The van der Waals surface area contributed by atoms with Crippen LogP contribution >= 0.6 is 0 Å². The van der Waals surface area contributed by atoms with E-state index in [1.54, 1.807) is 0 Å². The van der Waals surface area contributed by atoms with Gasteiger partial charge in [0.1, 0.15) is 5.56 Å². The SMILES string of the molecule is O=[N+]([O-])c1cc([N+](=O)[O-])c(C(F)(F)F)cc1O. The number of hydrogen-bond donors (Lipinski definition) is 1. The maximum absolute atomic E-state index is 12.3.